The van der Waals surface area contributed by atoms with Crippen LogP contribution in [-0.4, -0.2) is 86.7 Å². The Morgan fingerprint density at radius 1 is 1.00 bits per heavy atom. The Labute approximate surface area is 249 Å². The number of unbranched alkanes of at least 4 members (excludes halogenated alkanes) is 1. The molecule has 2 N–H and O–H groups in total. The van der Waals surface area contributed by atoms with Crippen LogP contribution >= 0.6 is 0 Å². The summed E-state index contributed by atoms with van der Waals surface area (Å²) in [6.07, 6.45) is 9.98. The molecule has 1 aromatic rings. The minimum Gasteiger partial charge on any atom is -0.497 e. The number of carboxylic acids is 1. The van der Waals surface area contributed by atoms with Crippen molar-refractivity contribution in [2.24, 2.45) is 5.92 Å². The van der Waals surface area contributed by atoms with Gasteiger partial charge in [0.25, 0.3) is 0 Å². The maximum Gasteiger partial charge on any atom is 0.303 e. The number of methoxy groups -OCH3 is 1. The molecule has 3 aliphatic rings. The van der Waals surface area contributed by atoms with Gasteiger partial charge in [-0.2, -0.15) is 0 Å². The highest BCUT2D eigenvalue weighted by Crippen LogP contribution is 2.36. The molecule has 0 aromatic heterocycles. The van der Waals surface area contributed by atoms with E-state index < -0.39 is 18.2 Å². The van der Waals surface area contributed by atoms with Gasteiger partial charge in [-0.1, -0.05) is 12.2 Å². The summed E-state index contributed by atoms with van der Waals surface area (Å²) in [6, 6.07) is 7.41. The number of aliphatic hydroxyl groups is 1. The van der Waals surface area contributed by atoms with E-state index in [-0.39, 0.29) is 50.3 Å². The van der Waals surface area contributed by atoms with Crippen LogP contribution in [0.25, 0.3) is 0 Å². The Balaban J connectivity index is 1.40. The number of benzene rings is 1. The Morgan fingerprint density at radius 2 is 1.71 bits per heavy atom. The van der Waals surface area contributed by atoms with Gasteiger partial charge >= 0.3 is 5.97 Å². The summed E-state index contributed by atoms with van der Waals surface area (Å²) in [5.74, 6) is 0.485. The van der Waals surface area contributed by atoms with Crippen molar-refractivity contribution in [3.05, 3.63) is 36.4 Å². The fraction of sp³-hybridized carbons (Fsp3) is 0.719. The zero-order chi connectivity index (χ0) is 29.6. The minimum absolute atomic E-state index is 0.143. The van der Waals surface area contributed by atoms with E-state index in [1.54, 1.807) is 7.11 Å². The third kappa shape index (κ3) is 10.8. The van der Waals surface area contributed by atoms with Crippen LogP contribution in [0, 0.1) is 5.92 Å². The van der Waals surface area contributed by atoms with Crippen molar-refractivity contribution in [2.45, 2.75) is 108 Å². The smallest absolute Gasteiger partial charge is 0.303 e. The predicted octanol–water partition coefficient (Wildman–Crippen LogP) is 4.86. The average molecular weight is 593 g/mol. The molecule has 2 heterocycles. The summed E-state index contributed by atoms with van der Waals surface area (Å²) in [7, 11) is 1.63. The molecule has 0 bridgehead atoms. The summed E-state index contributed by atoms with van der Waals surface area (Å²) in [5, 5.41) is 19.9. The fourth-order valence-electron chi connectivity index (χ4n) is 5.69. The van der Waals surface area contributed by atoms with Crippen LogP contribution < -0.4 is 9.47 Å². The molecule has 3 fully saturated rings. The van der Waals surface area contributed by atoms with Crippen LogP contribution in [0.4, 0.5) is 0 Å². The summed E-state index contributed by atoms with van der Waals surface area (Å²) < 4.78 is 42.2. The topological polar surface area (TPSA) is 122 Å². The lowest BCUT2D eigenvalue weighted by atomic mass is 9.98. The number of hydrogen-bond donors (Lipinski definition) is 2. The monoisotopic (exact) mass is 592 g/mol. The van der Waals surface area contributed by atoms with E-state index >= 15 is 0 Å². The van der Waals surface area contributed by atoms with Crippen molar-refractivity contribution >= 4 is 5.97 Å². The van der Waals surface area contributed by atoms with Crippen molar-refractivity contribution in [3.63, 3.8) is 0 Å². The van der Waals surface area contributed by atoms with Gasteiger partial charge in [0, 0.05) is 32.0 Å². The first-order valence-corrected chi connectivity index (χ1v) is 15.5. The predicted molar refractivity (Wildman–Crippen MR) is 155 cm³/mol. The lowest BCUT2D eigenvalue weighted by molar-refractivity contribution is -0.226. The highest BCUT2D eigenvalue weighted by atomic mass is 16.7. The quantitative estimate of drug-likeness (QED) is 0.191. The van der Waals surface area contributed by atoms with Crippen molar-refractivity contribution in [1.82, 2.24) is 0 Å². The van der Waals surface area contributed by atoms with Gasteiger partial charge in [0.15, 0.2) is 12.6 Å². The van der Waals surface area contributed by atoms with E-state index in [1.165, 1.54) is 0 Å². The van der Waals surface area contributed by atoms with Gasteiger partial charge in [-0.15, -0.1) is 0 Å². The standard InChI is InChI=1S/C32H48O10/c1-36-23-14-16-24(17-15-23)39-21-25(41-30-12-6-8-18-37-30)22-40-32-26(10-4-2-3-5-11-29(34)35)27(33)20-28(32)42-31-13-7-9-19-38-31/h2,4,14-17,25-28,30-33H,3,5-13,18-22H2,1H3,(H,34,35)/b4-2+. The largest absolute Gasteiger partial charge is 0.497 e. The molecule has 7 atom stereocenters. The molecule has 0 amide bonds. The zero-order valence-corrected chi connectivity index (χ0v) is 24.8. The molecular formula is C32H48O10. The van der Waals surface area contributed by atoms with Gasteiger partial charge < -0.3 is 43.4 Å². The van der Waals surface area contributed by atoms with Crippen molar-refractivity contribution in [1.29, 1.82) is 0 Å². The van der Waals surface area contributed by atoms with Gasteiger partial charge in [-0.3, -0.25) is 4.79 Å². The number of aliphatic hydroxyl groups excluding tert-OH is 1. The molecule has 1 aliphatic carbocycles. The molecule has 0 spiro atoms. The Kier molecular flexibility index (Phi) is 13.9. The summed E-state index contributed by atoms with van der Waals surface area (Å²) >= 11 is 0. The highest BCUT2D eigenvalue weighted by molar-refractivity contribution is 5.66. The average Bonchev–Trinajstić information content (AvgIpc) is 3.30. The highest BCUT2D eigenvalue weighted by Gasteiger charge is 2.45. The number of carboxylic acid groups (broad SMARTS) is 1. The third-order valence-electron chi connectivity index (χ3n) is 8.01. The second-order valence-electron chi connectivity index (χ2n) is 11.3. The maximum atomic E-state index is 11.1. The first-order chi connectivity index (χ1) is 20.5. The molecule has 1 aromatic carbocycles. The Hall–Kier alpha value is -2.21. The molecule has 42 heavy (non-hydrogen) atoms. The number of aliphatic carboxylic acids is 1. The first-order valence-electron chi connectivity index (χ1n) is 15.5. The van der Waals surface area contributed by atoms with Crippen LogP contribution in [0.3, 0.4) is 0 Å². The molecule has 236 valence electrons. The third-order valence-corrected chi connectivity index (χ3v) is 8.01. The number of hydrogen-bond acceptors (Lipinski definition) is 9. The Morgan fingerprint density at radius 3 is 2.38 bits per heavy atom. The first kappa shape index (κ1) is 32.7. The van der Waals surface area contributed by atoms with Crippen LogP contribution in [-0.2, 0) is 28.5 Å². The van der Waals surface area contributed by atoms with E-state index in [9.17, 15) is 9.90 Å². The molecule has 1 saturated carbocycles. The van der Waals surface area contributed by atoms with Gasteiger partial charge in [0.2, 0.25) is 0 Å². The number of allylic oxidation sites excluding steroid dienone is 2. The summed E-state index contributed by atoms with van der Waals surface area (Å²) in [4.78, 5) is 10.8. The normalized spacial score (nSPS) is 29.0. The lowest BCUT2D eigenvalue weighted by Gasteiger charge is -2.32. The molecule has 7 unspecified atom stereocenters. The van der Waals surface area contributed by atoms with Crippen molar-refractivity contribution in [2.75, 3.05) is 33.5 Å². The fourth-order valence-corrected chi connectivity index (χ4v) is 5.69. The van der Waals surface area contributed by atoms with Gasteiger partial charge in [0.1, 0.15) is 24.2 Å². The van der Waals surface area contributed by atoms with E-state index in [2.05, 4.69) is 0 Å². The SMILES string of the molecule is COc1ccc(OCC(COC2C(OC3CCCCO3)CC(O)C2C/C=C/CCCC(=O)O)OC2CCCCO2)cc1. The van der Waals surface area contributed by atoms with E-state index in [4.69, 9.17) is 38.3 Å². The van der Waals surface area contributed by atoms with Crippen molar-refractivity contribution < 1.29 is 48.2 Å². The lowest BCUT2D eigenvalue weighted by Crippen LogP contribution is -2.40. The number of ether oxygens (including phenoxy) is 7. The maximum absolute atomic E-state index is 11.1. The minimum atomic E-state index is -0.792. The van der Waals surface area contributed by atoms with Crippen LogP contribution in [0.15, 0.2) is 36.4 Å². The molecule has 0 radical (unpaired) electrons. The molecular weight excluding hydrogens is 544 g/mol. The number of carbonyl (C=O) groups is 1. The molecule has 2 aliphatic heterocycles. The molecule has 4 rings (SSSR count). The van der Waals surface area contributed by atoms with E-state index in [0.29, 0.717) is 44.6 Å². The van der Waals surface area contributed by atoms with E-state index in [0.717, 1.165) is 44.3 Å². The van der Waals surface area contributed by atoms with Gasteiger partial charge in [-0.25, -0.2) is 0 Å². The van der Waals surface area contributed by atoms with Crippen molar-refractivity contribution in [3.8, 4) is 11.5 Å². The van der Waals surface area contributed by atoms with Gasteiger partial charge in [-0.05, 0) is 82.1 Å². The molecule has 10 heteroatoms. The van der Waals surface area contributed by atoms with Crippen LogP contribution in [0.1, 0.15) is 70.6 Å². The second kappa shape index (κ2) is 17.8. The molecule has 2 saturated heterocycles. The zero-order valence-electron chi connectivity index (χ0n) is 24.8. The number of rotatable bonds is 17. The van der Waals surface area contributed by atoms with Crippen LogP contribution in [0.2, 0.25) is 0 Å². The summed E-state index contributed by atoms with van der Waals surface area (Å²) in [6.45, 7) is 1.86. The summed E-state index contributed by atoms with van der Waals surface area (Å²) in [5.41, 5.74) is 0. The van der Waals surface area contributed by atoms with Crippen LogP contribution in [0.5, 0.6) is 11.5 Å². The van der Waals surface area contributed by atoms with Gasteiger partial charge in [0.05, 0.1) is 32.0 Å². The Bertz CT molecular complexity index is 926. The second-order valence-corrected chi connectivity index (χ2v) is 11.3. The van der Waals surface area contributed by atoms with E-state index in [1.807, 2.05) is 36.4 Å². The molecule has 10 nitrogen and oxygen atoms in total.